The van der Waals surface area contributed by atoms with E-state index in [-0.39, 0.29) is 0 Å². The zero-order valence-electron chi connectivity index (χ0n) is 11.6. The lowest BCUT2D eigenvalue weighted by molar-refractivity contribution is 0.357. The van der Waals surface area contributed by atoms with E-state index in [4.69, 9.17) is 10.5 Å². The first-order valence-electron chi connectivity index (χ1n) is 6.66. The van der Waals surface area contributed by atoms with E-state index in [1.165, 1.54) is 5.56 Å². The summed E-state index contributed by atoms with van der Waals surface area (Å²) in [6.45, 7) is 5.07. The number of anilines is 1. The average molecular weight is 257 g/mol. The molecule has 0 saturated heterocycles. The largest absolute Gasteiger partial charge is 0.493 e. The molecule has 0 fully saturated rings. The maximum absolute atomic E-state index is 6.13. The predicted octanol–water partition coefficient (Wildman–Crippen LogP) is 2.73. The highest BCUT2D eigenvalue weighted by atomic mass is 16.5. The van der Waals surface area contributed by atoms with Crippen molar-refractivity contribution >= 4 is 5.82 Å². The smallest absolute Gasteiger partial charge is 0.125 e. The fourth-order valence-electron chi connectivity index (χ4n) is 2.67. The van der Waals surface area contributed by atoms with E-state index in [9.17, 15) is 0 Å². The van der Waals surface area contributed by atoms with Crippen molar-refractivity contribution in [1.29, 1.82) is 0 Å². The Kier molecular flexibility index (Phi) is 2.73. The molecule has 0 unspecified atom stereocenters. The number of nitrogen functional groups attached to an aromatic ring is 1. The molecule has 2 N–H and O–H groups in total. The Labute approximate surface area is 113 Å². The number of hydrogen-bond donors (Lipinski definition) is 1. The molecule has 0 saturated carbocycles. The lowest BCUT2D eigenvalue weighted by atomic mass is 9.97. The number of ether oxygens (including phenoxy) is 1. The third-order valence-electron chi connectivity index (χ3n) is 3.67. The van der Waals surface area contributed by atoms with Gasteiger partial charge in [0.1, 0.15) is 11.6 Å². The molecule has 0 aliphatic carbocycles. The summed E-state index contributed by atoms with van der Waals surface area (Å²) >= 11 is 0. The molecule has 2 heterocycles. The van der Waals surface area contributed by atoms with Crippen LogP contribution in [0.1, 0.15) is 30.9 Å². The van der Waals surface area contributed by atoms with Crippen LogP contribution in [0.5, 0.6) is 5.75 Å². The zero-order valence-corrected chi connectivity index (χ0v) is 11.6. The van der Waals surface area contributed by atoms with Gasteiger partial charge < -0.3 is 10.5 Å². The standard InChI is InChI=1S/C15H19N3O/c1-9(2)13-14(17-18(3)15(13)16)11-4-5-12-10(8-11)6-7-19-12/h4-5,8-9H,6-7,16H2,1-3H3. The van der Waals surface area contributed by atoms with E-state index >= 15 is 0 Å². The Morgan fingerprint density at radius 1 is 1.37 bits per heavy atom. The van der Waals surface area contributed by atoms with Gasteiger partial charge in [0.25, 0.3) is 0 Å². The highest BCUT2D eigenvalue weighted by Gasteiger charge is 2.20. The zero-order chi connectivity index (χ0) is 13.6. The molecular formula is C15H19N3O. The van der Waals surface area contributed by atoms with Crippen molar-refractivity contribution in [2.24, 2.45) is 7.05 Å². The lowest BCUT2D eigenvalue weighted by Crippen LogP contribution is -2.00. The van der Waals surface area contributed by atoms with Crippen LogP contribution in [-0.4, -0.2) is 16.4 Å². The summed E-state index contributed by atoms with van der Waals surface area (Å²) in [6.07, 6.45) is 0.975. The van der Waals surface area contributed by atoms with Gasteiger partial charge in [0, 0.05) is 24.6 Å². The number of nitrogens with zero attached hydrogens (tertiary/aromatic N) is 2. The van der Waals surface area contributed by atoms with E-state index in [0.29, 0.717) is 5.92 Å². The van der Waals surface area contributed by atoms with Crippen LogP contribution in [0.15, 0.2) is 18.2 Å². The molecule has 2 aromatic rings. The van der Waals surface area contributed by atoms with Crippen LogP contribution < -0.4 is 10.5 Å². The molecule has 1 aliphatic rings. The van der Waals surface area contributed by atoms with Crippen molar-refractivity contribution in [3.63, 3.8) is 0 Å². The van der Waals surface area contributed by atoms with Gasteiger partial charge in [0.15, 0.2) is 0 Å². The maximum Gasteiger partial charge on any atom is 0.125 e. The minimum absolute atomic E-state index is 0.355. The van der Waals surface area contributed by atoms with Crippen LogP contribution in [0.25, 0.3) is 11.3 Å². The predicted molar refractivity (Wildman–Crippen MR) is 76.3 cm³/mol. The molecule has 1 aliphatic heterocycles. The van der Waals surface area contributed by atoms with Gasteiger partial charge >= 0.3 is 0 Å². The summed E-state index contributed by atoms with van der Waals surface area (Å²) in [5.41, 5.74) is 10.6. The summed E-state index contributed by atoms with van der Waals surface area (Å²) in [6, 6.07) is 6.28. The van der Waals surface area contributed by atoms with Crippen LogP contribution in [0.3, 0.4) is 0 Å². The average Bonchev–Trinajstić information content (AvgIpc) is 2.94. The van der Waals surface area contributed by atoms with E-state index < -0.39 is 0 Å². The first-order chi connectivity index (χ1) is 9.08. The topological polar surface area (TPSA) is 53.1 Å². The van der Waals surface area contributed by atoms with Crippen molar-refractivity contribution in [1.82, 2.24) is 9.78 Å². The summed E-state index contributed by atoms with van der Waals surface area (Å²) < 4.78 is 7.30. The molecule has 3 rings (SSSR count). The van der Waals surface area contributed by atoms with Crippen LogP contribution in [0.2, 0.25) is 0 Å². The SMILES string of the molecule is CC(C)c1c(-c2ccc3c(c2)CCO3)nn(C)c1N. The second-order valence-corrected chi connectivity index (χ2v) is 5.35. The second-order valence-electron chi connectivity index (χ2n) is 5.35. The number of rotatable bonds is 2. The van der Waals surface area contributed by atoms with Gasteiger partial charge in [-0.1, -0.05) is 13.8 Å². The molecule has 100 valence electrons. The van der Waals surface area contributed by atoms with Crippen molar-refractivity contribution < 1.29 is 4.74 Å². The van der Waals surface area contributed by atoms with Gasteiger partial charge in [0.2, 0.25) is 0 Å². The monoisotopic (exact) mass is 257 g/mol. The van der Waals surface area contributed by atoms with Crippen molar-refractivity contribution in [2.45, 2.75) is 26.2 Å². The number of fused-ring (bicyclic) bond motifs is 1. The van der Waals surface area contributed by atoms with Crippen LogP contribution in [-0.2, 0) is 13.5 Å². The minimum atomic E-state index is 0.355. The third-order valence-corrected chi connectivity index (χ3v) is 3.67. The molecule has 4 heteroatoms. The molecule has 0 radical (unpaired) electrons. The fourth-order valence-corrected chi connectivity index (χ4v) is 2.67. The fraction of sp³-hybridized carbons (Fsp3) is 0.400. The second kappa shape index (κ2) is 4.30. The molecule has 0 spiro atoms. The summed E-state index contributed by atoms with van der Waals surface area (Å²) in [4.78, 5) is 0. The van der Waals surface area contributed by atoms with Crippen LogP contribution in [0.4, 0.5) is 5.82 Å². The Balaban J connectivity index is 2.14. The Morgan fingerprint density at radius 2 is 2.16 bits per heavy atom. The first kappa shape index (κ1) is 12.1. The molecule has 1 aromatic carbocycles. The summed E-state index contributed by atoms with van der Waals surface area (Å²) in [5.74, 6) is 2.11. The molecule has 0 atom stereocenters. The highest BCUT2D eigenvalue weighted by molar-refractivity contribution is 5.71. The van der Waals surface area contributed by atoms with Gasteiger partial charge in [-0.15, -0.1) is 0 Å². The number of hydrogen-bond acceptors (Lipinski definition) is 3. The van der Waals surface area contributed by atoms with Crippen molar-refractivity contribution in [3.8, 4) is 17.0 Å². The number of nitrogens with two attached hydrogens (primary N) is 1. The highest BCUT2D eigenvalue weighted by Crippen LogP contribution is 2.35. The molecule has 4 nitrogen and oxygen atoms in total. The number of benzene rings is 1. The normalized spacial score (nSPS) is 13.7. The molecule has 1 aromatic heterocycles. The minimum Gasteiger partial charge on any atom is -0.493 e. The Hall–Kier alpha value is -1.97. The summed E-state index contributed by atoms with van der Waals surface area (Å²) in [7, 11) is 1.89. The van der Waals surface area contributed by atoms with Gasteiger partial charge in [-0.3, -0.25) is 4.68 Å². The molecule has 19 heavy (non-hydrogen) atoms. The summed E-state index contributed by atoms with van der Waals surface area (Å²) in [5, 5.41) is 4.58. The molecular weight excluding hydrogens is 238 g/mol. The van der Waals surface area contributed by atoms with Gasteiger partial charge in [0.05, 0.1) is 12.3 Å². The van der Waals surface area contributed by atoms with Gasteiger partial charge in [-0.05, 0) is 29.7 Å². The van der Waals surface area contributed by atoms with Crippen molar-refractivity contribution in [2.75, 3.05) is 12.3 Å². The van der Waals surface area contributed by atoms with Gasteiger partial charge in [-0.2, -0.15) is 5.10 Å². The molecule has 0 amide bonds. The Morgan fingerprint density at radius 3 is 2.89 bits per heavy atom. The van der Waals surface area contributed by atoms with Crippen LogP contribution in [0, 0.1) is 0 Å². The van der Waals surface area contributed by atoms with E-state index in [2.05, 4.69) is 31.1 Å². The van der Waals surface area contributed by atoms with E-state index in [1.807, 2.05) is 13.1 Å². The third kappa shape index (κ3) is 1.87. The van der Waals surface area contributed by atoms with E-state index in [1.54, 1.807) is 4.68 Å². The number of aryl methyl sites for hydroxylation is 1. The van der Waals surface area contributed by atoms with Gasteiger partial charge in [-0.25, -0.2) is 0 Å². The van der Waals surface area contributed by atoms with E-state index in [0.717, 1.165) is 41.4 Å². The Bertz CT molecular complexity index is 629. The first-order valence-corrected chi connectivity index (χ1v) is 6.66. The molecule has 0 bridgehead atoms. The van der Waals surface area contributed by atoms with Crippen LogP contribution >= 0.6 is 0 Å². The number of aromatic nitrogens is 2. The van der Waals surface area contributed by atoms with Crippen molar-refractivity contribution in [3.05, 3.63) is 29.3 Å². The lowest BCUT2D eigenvalue weighted by Gasteiger charge is -2.08. The maximum atomic E-state index is 6.13. The quantitative estimate of drug-likeness (QED) is 0.900.